The molecule has 0 heterocycles. The average molecular weight is 240 g/mol. The fourth-order valence-electron chi connectivity index (χ4n) is 2.71. The van der Waals surface area contributed by atoms with Gasteiger partial charge in [-0.2, -0.15) is 0 Å². The second-order valence-electron chi connectivity index (χ2n) is 6.10. The molecule has 2 nitrogen and oxygen atoms in total. The van der Waals surface area contributed by atoms with Crippen molar-refractivity contribution in [2.75, 3.05) is 20.6 Å². The van der Waals surface area contributed by atoms with E-state index in [0.717, 1.165) is 0 Å². The van der Waals surface area contributed by atoms with Crippen LogP contribution in [-0.2, 0) is 0 Å². The molecule has 102 valence electrons. The summed E-state index contributed by atoms with van der Waals surface area (Å²) in [6, 6.07) is 0.685. The van der Waals surface area contributed by atoms with Gasteiger partial charge in [-0.25, -0.2) is 0 Å². The highest BCUT2D eigenvalue weighted by Crippen LogP contribution is 2.35. The quantitative estimate of drug-likeness (QED) is 0.621. The van der Waals surface area contributed by atoms with Gasteiger partial charge in [0, 0.05) is 18.1 Å². The van der Waals surface area contributed by atoms with Crippen LogP contribution in [0.5, 0.6) is 0 Å². The fourth-order valence-corrected chi connectivity index (χ4v) is 2.71. The van der Waals surface area contributed by atoms with Gasteiger partial charge in [0.05, 0.1) is 0 Å². The van der Waals surface area contributed by atoms with Gasteiger partial charge in [-0.3, -0.25) is 0 Å². The van der Waals surface area contributed by atoms with Crippen LogP contribution >= 0.6 is 0 Å². The lowest BCUT2D eigenvalue weighted by Crippen LogP contribution is -2.57. The summed E-state index contributed by atoms with van der Waals surface area (Å²) >= 11 is 0. The largest absolute Gasteiger partial charge is 0.312 e. The van der Waals surface area contributed by atoms with Crippen molar-refractivity contribution in [3.63, 3.8) is 0 Å². The number of likely N-dealkylation sites (N-methyl/N-ethyl adjacent to an activating group) is 1. The van der Waals surface area contributed by atoms with Crippen molar-refractivity contribution in [2.24, 2.45) is 0 Å². The maximum absolute atomic E-state index is 3.74. The van der Waals surface area contributed by atoms with Gasteiger partial charge < -0.3 is 10.2 Å². The molecule has 0 bridgehead atoms. The number of hydrogen-bond donors (Lipinski definition) is 1. The Bertz CT molecular complexity index is 197. The van der Waals surface area contributed by atoms with Gasteiger partial charge in [0.1, 0.15) is 0 Å². The van der Waals surface area contributed by atoms with Gasteiger partial charge >= 0.3 is 0 Å². The summed E-state index contributed by atoms with van der Waals surface area (Å²) in [7, 11) is 4.46. The summed E-state index contributed by atoms with van der Waals surface area (Å²) in [5.74, 6) is 0. The first-order valence-corrected chi connectivity index (χ1v) is 7.51. The molecular weight excluding hydrogens is 208 g/mol. The lowest BCUT2D eigenvalue weighted by atomic mass is 9.75. The molecule has 0 aromatic carbocycles. The van der Waals surface area contributed by atoms with Crippen LogP contribution in [0.2, 0.25) is 0 Å². The van der Waals surface area contributed by atoms with E-state index in [4.69, 9.17) is 0 Å². The third kappa shape index (κ3) is 4.59. The highest BCUT2D eigenvalue weighted by molar-refractivity contribution is 4.97. The Morgan fingerprint density at radius 2 is 1.88 bits per heavy atom. The smallest absolute Gasteiger partial charge is 0.0328 e. The zero-order valence-electron chi connectivity index (χ0n) is 12.4. The molecule has 1 fully saturated rings. The van der Waals surface area contributed by atoms with Crippen LogP contribution < -0.4 is 5.32 Å². The van der Waals surface area contributed by atoms with Crippen molar-refractivity contribution in [2.45, 2.75) is 76.8 Å². The predicted octanol–water partition coefficient (Wildman–Crippen LogP) is 3.42. The average Bonchev–Trinajstić information content (AvgIpc) is 2.22. The van der Waals surface area contributed by atoms with Gasteiger partial charge in [-0.05, 0) is 46.7 Å². The summed E-state index contributed by atoms with van der Waals surface area (Å²) < 4.78 is 0. The van der Waals surface area contributed by atoms with E-state index in [2.05, 4.69) is 38.2 Å². The highest BCUT2D eigenvalue weighted by atomic mass is 15.2. The Labute approximate surface area is 108 Å². The molecule has 0 radical (unpaired) electrons. The van der Waals surface area contributed by atoms with Crippen molar-refractivity contribution < 1.29 is 0 Å². The number of rotatable bonds is 9. The zero-order valence-corrected chi connectivity index (χ0v) is 12.4. The standard InChI is InChI=1S/C15H32N2/c1-5-6-7-8-10-14(2)16-13-15(17(3)4)11-9-12-15/h14,16H,5-13H2,1-4H3. The van der Waals surface area contributed by atoms with Crippen LogP contribution in [0.25, 0.3) is 0 Å². The molecule has 0 aliphatic heterocycles. The Morgan fingerprint density at radius 3 is 2.35 bits per heavy atom. The topological polar surface area (TPSA) is 15.3 Å². The third-order valence-corrected chi connectivity index (χ3v) is 4.50. The Balaban J connectivity index is 2.12. The lowest BCUT2D eigenvalue weighted by Gasteiger charge is -2.48. The highest BCUT2D eigenvalue weighted by Gasteiger charge is 2.38. The predicted molar refractivity (Wildman–Crippen MR) is 76.5 cm³/mol. The second kappa shape index (κ2) is 7.38. The van der Waals surface area contributed by atoms with Crippen LogP contribution in [0.4, 0.5) is 0 Å². The van der Waals surface area contributed by atoms with Gasteiger partial charge in [0.2, 0.25) is 0 Å². The Morgan fingerprint density at radius 1 is 1.18 bits per heavy atom. The summed E-state index contributed by atoms with van der Waals surface area (Å²) in [5.41, 5.74) is 0.470. The van der Waals surface area contributed by atoms with Gasteiger partial charge in [-0.15, -0.1) is 0 Å². The molecule has 1 aliphatic rings. The van der Waals surface area contributed by atoms with E-state index < -0.39 is 0 Å². The first-order chi connectivity index (χ1) is 8.10. The zero-order chi connectivity index (χ0) is 12.7. The second-order valence-corrected chi connectivity index (χ2v) is 6.10. The van der Waals surface area contributed by atoms with Crippen molar-refractivity contribution in [3.05, 3.63) is 0 Å². The van der Waals surface area contributed by atoms with E-state index in [1.165, 1.54) is 57.9 Å². The molecule has 1 unspecified atom stereocenters. The summed E-state index contributed by atoms with van der Waals surface area (Å²) in [4.78, 5) is 2.42. The van der Waals surface area contributed by atoms with Crippen molar-refractivity contribution in [1.82, 2.24) is 10.2 Å². The van der Waals surface area contributed by atoms with E-state index in [0.29, 0.717) is 11.6 Å². The fraction of sp³-hybridized carbons (Fsp3) is 1.00. The molecule has 0 saturated heterocycles. The number of unbranched alkanes of at least 4 members (excludes halogenated alkanes) is 3. The molecule has 1 rings (SSSR count). The van der Waals surface area contributed by atoms with Gasteiger partial charge in [-0.1, -0.05) is 32.6 Å². The normalized spacial score (nSPS) is 20.3. The first-order valence-electron chi connectivity index (χ1n) is 7.51. The number of hydrogen-bond acceptors (Lipinski definition) is 2. The molecule has 0 spiro atoms. The van der Waals surface area contributed by atoms with Crippen LogP contribution in [0.1, 0.15) is 65.2 Å². The monoisotopic (exact) mass is 240 g/mol. The maximum Gasteiger partial charge on any atom is 0.0328 e. The molecule has 17 heavy (non-hydrogen) atoms. The molecule has 2 heteroatoms. The minimum Gasteiger partial charge on any atom is -0.312 e. The SMILES string of the molecule is CCCCCCC(C)NCC1(N(C)C)CCC1. The maximum atomic E-state index is 3.74. The molecule has 0 aromatic heterocycles. The molecular formula is C15H32N2. The molecule has 1 aliphatic carbocycles. The van der Waals surface area contributed by atoms with Crippen LogP contribution in [0, 0.1) is 0 Å². The molecule has 0 amide bonds. The van der Waals surface area contributed by atoms with Gasteiger partial charge in [0.15, 0.2) is 0 Å². The molecule has 1 saturated carbocycles. The minimum absolute atomic E-state index is 0.470. The summed E-state index contributed by atoms with van der Waals surface area (Å²) in [6.07, 6.45) is 11.0. The van der Waals surface area contributed by atoms with Crippen molar-refractivity contribution >= 4 is 0 Å². The van der Waals surface area contributed by atoms with E-state index in [1.807, 2.05) is 0 Å². The van der Waals surface area contributed by atoms with Gasteiger partial charge in [0.25, 0.3) is 0 Å². The van der Waals surface area contributed by atoms with Crippen molar-refractivity contribution in [3.8, 4) is 0 Å². The van der Waals surface area contributed by atoms with Crippen molar-refractivity contribution in [1.29, 1.82) is 0 Å². The molecule has 1 N–H and O–H groups in total. The van der Waals surface area contributed by atoms with E-state index in [1.54, 1.807) is 0 Å². The first kappa shape index (κ1) is 15.0. The lowest BCUT2D eigenvalue weighted by molar-refractivity contribution is 0.0573. The molecule has 0 aromatic rings. The van der Waals surface area contributed by atoms with E-state index in [9.17, 15) is 0 Å². The Hall–Kier alpha value is -0.0800. The molecule has 1 atom stereocenters. The van der Waals surface area contributed by atoms with Crippen LogP contribution in [-0.4, -0.2) is 37.1 Å². The third-order valence-electron chi connectivity index (χ3n) is 4.50. The number of nitrogens with one attached hydrogen (secondary N) is 1. The Kier molecular flexibility index (Phi) is 6.50. The summed E-state index contributed by atoms with van der Waals surface area (Å²) in [6.45, 7) is 5.79. The minimum atomic E-state index is 0.470. The number of nitrogens with zero attached hydrogens (tertiary/aromatic N) is 1. The van der Waals surface area contributed by atoms with Crippen LogP contribution in [0.3, 0.4) is 0 Å². The van der Waals surface area contributed by atoms with Crippen LogP contribution in [0.15, 0.2) is 0 Å². The summed E-state index contributed by atoms with van der Waals surface area (Å²) in [5, 5.41) is 3.74. The van der Waals surface area contributed by atoms with E-state index >= 15 is 0 Å². The van der Waals surface area contributed by atoms with E-state index in [-0.39, 0.29) is 0 Å².